The number of hydrogen-bond acceptors (Lipinski definition) is 2. The zero-order chi connectivity index (χ0) is 23.9. The maximum atomic E-state index is 13.8. The molecule has 0 aliphatic carbocycles. The number of benzene rings is 1. The van der Waals surface area contributed by atoms with Gasteiger partial charge in [0.25, 0.3) is 0 Å². The summed E-state index contributed by atoms with van der Waals surface area (Å²) in [6.45, 7) is 0. The maximum Gasteiger partial charge on any atom is 0.393 e. The lowest BCUT2D eigenvalue weighted by atomic mass is 9.94. The number of anilines is 1. The summed E-state index contributed by atoms with van der Waals surface area (Å²) in [7, 11) is 0.882. The molecule has 0 bridgehead atoms. The van der Waals surface area contributed by atoms with Gasteiger partial charge in [-0.15, -0.1) is 0 Å². The number of rotatable bonds is 8. The van der Waals surface area contributed by atoms with Crippen LogP contribution in [0, 0.1) is 0 Å². The topological polar surface area (TPSA) is 38.3 Å². The molecule has 0 unspecified atom stereocenters. The van der Waals surface area contributed by atoms with Crippen molar-refractivity contribution < 1.29 is 62.2 Å². The number of carbonyl (C=O) groups is 1. The smallest absolute Gasteiger partial charge is 0.393 e. The third-order valence-corrected chi connectivity index (χ3v) is 3.81. The molecule has 0 spiro atoms. The molecule has 0 aliphatic heterocycles. The second kappa shape index (κ2) is 7.89. The van der Waals surface area contributed by atoms with E-state index >= 15 is 0 Å². The van der Waals surface area contributed by atoms with Gasteiger partial charge in [-0.1, -0.05) is 11.6 Å². The van der Waals surface area contributed by atoms with E-state index in [2.05, 4.69) is 4.74 Å². The van der Waals surface area contributed by atoms with Crippen molar-refractivity contribution >= 4 is 23.2 Å². The van der Waals surface area contributed by atoms with E-state index in [4.69, 9.17) is 11.6 Å². The van der Waals surface area contributed by atoms with E-state index in [1.807, 2.05) is 0 Å². The monoisotopic (exact) mass is 485 g/mol. The zero-order valence-corrected chi connectivity index (χ0v) is 14.8. The van der Waals surface area contributed by atoms with Gasteiger partial charge in [-0.3, -0.25) is 4.79 Å². The van der Waals surface area contributed by atoms with Crippen LogP contribution in [0.15, 0.2) is 18.2 Å². The molecular weight excluding hydrogens is 478 g/mol. The van der Waals surface area contributed by atoms with Crippen LogP contribution in [0.4, 0.5) is 58.4 Å². The highest BCUT2D eigenvalue weighted by molar-refractivity contribution is 6.31. The van der Waals surface area contributed by atoms with Crippen molar-refractivity contribution in [2.24, 2.45) is 0 Å². The van der Waals surface area contributed by atoms with E-state index in [-0.39, 0.29) is 5.02 Å². The summed E-state index contributed by atoms with van der Waals surface area (Å²) in [6, 6.07) is 2.54. The molecule has 0 saturated carbocycles. The van der Waals surface area contributed by atoms with Crippen LogP contribution < -0.4 is 10.1 Å². The number of nitrogens with one attached hydrogen (secondary N) is 1. The van der Waals surface area contributed by atoms with Crippen molar-refractivity contribution in [3.8, 4) is 5.75 Å². The van der Waals surface area contributed by atoms with Gasteiger partial charge in [-0.25, -0.2) is 8.78 Å². The van der Waals surface area contributed by atoms with Crippen molar-refractivity contribution in [1.29, 1.82) is 0 Å². The predicted molar refractivity (Wildman–Crippen MR) is 77.4 cm³/mol. The minimum atomic E-state index is -7.81. The summed E-state index contributed by atoms with van der Waals surface area (Å²) in [5.41, 5.74) is -0.918. The summed E-state index contributed by atoms with van der Waals surface area (Å²) in [5, 5.41) is 0.617. The highest BCUT2D eigenvalue weighted by atomic mass is 35.5. The van der Waals surface area contributed by atoms with Gasteiger partial charge in [0.15, 0.2) is 0 Å². The number of methoxy groups -OCH3 is 1. The lowest BCUT2D eigenvalue weighted by molar-refractivity contribution is -0.406. The number of alkyl halides is 12. The van der Waals surface area contributed by atoms with Crippen LogP contribution in [0.25, 0.3) is 0 Å². The van der Waals surface area contributed by atoms with Gasteiger partial charge >= 0.3 is 41.9 Å². The standard InChI is InChI=1S/C14H8ClF12NO2/c1-30-7-3-2-5(15)4-6(7)28-9(29)11(20,21)13(24,25)14(26,27)12(22,23)10(18,19)8(16)17/h2-4,8H,1H3,(H,28,29). The third-order valence-electron chi connectivity index (χ3n) is 3.57. The molecule has 0 aromatic heterocycles. The number of halogens is 13. The first-order valence-corrected chi connectivity index (χ1v) is 7.49. The second-order valence-corrected chi connectivity index (χ2v) is 5.96. The fourth-order valence-electron chi connectivity index (χ4n) is 1.86. The largest absolute Gasteiger partial charge is 0.495 e. The quantitative estimate of drug-likeness (QED) is 0.478. The molecule has 0 aliphatic rings. The first kappa shape index (κ1) is 26.0. The first-order valence-electron chi connectivity index (χ1n) is 7.11. The fourth-order valence-corrected chi connectivity index (χ4v) is 2.03. The zero-order valence-electron chi connectivity index (χ0n) is 14.0. The second-order valence-electron chi connectivity index (χ2n) is 5.52. The van der Waals surface area contributed by atoms with Gasteiger partial charge < -0.3 is 10.1 Å². The van der Waals surface area contributed by atoms with Crippen molar-refractivity contribution in [1.82, 2.24) is 0 Å². The van der Waals surface area contributed by atoms with Crippen molar-refractivity contribution in [3.05, 3.63) is 23.2 Å². The highest BCUT2D eigenvalue weighted by Crippen LogP contribution is 2.58. The molecule has 0 fully saturated rings. The molecule has 1 aromatic carbocycles. The molecule has 0 atom stereocenters. The number of ether oxygens (including phenoxy) is 1. The molecule has 1 N–H and O–H groups in total. The molecule has 3 nitrogen and oxygen atoms in total. The fraction of sp³-hybridized carbons (Fsp3) is 0.500. The molecule has 0 heterocycles. The van der Waals surface area contributed by atoms with Crippen LogP contribution in [-0.4, -0.2) is 49.1 Å². The maximum absolute atomic E-state index is 13.8. The number of amides is 1. The molecular formula is C14H8ClF12NO2. The van der Waals surface area contributed by atoms with Crippen molar-refractivity contribution in [2.75, 3.05) is 12.4 Å². The first-order chi connectivity index (χ1) is 13.3. The third kappa shape index (κ3) is 3.83. The Kier molecular flexibility index (Phi) is 6.83. The Morgan fingerprint density at radius 1 is 0.933 bits per heavy atom. The van der Waals surface area contributed by atoms with Crippen LogP contribution in [0.3, 0.4) is 0 Å². The van der Waals surface area contributed by atoms with Crippen LogP contribution in [0.2, 0.25) is 5.02 Å². The van der Waals surface area contributed by atoms with E-state index in [9.17, 15) is 57.5 Å². The van der Waals surface area contributed by atoms with E-state index in [1.54, 1.807) is 0 Å². The molecule has 0 saturated heterocycles. The highest BCUT2D eigenvalue weighted by Gasteiger charge is 2.89. The van der Waals surface area contributed by atoms with Crippen LogP contribution >= 0.6 is 11.6 Å². The van der Waals surface area contributed by atoms with Crippen LogP contribution in [0.5, 0.6) is 5.75 Å². The lowest BCUT2D eigenvalue weighted by Gasteiger charge is -2.38. The average molecular weight is 486 g/mol. The molecule has 172 valence electrons. The van der Waals surface area contributed by atoms with Gasteiger partial charge in [-0.2, -0.15) is 43.9 Å². The Morgan fingerprint density at radius 3 is 1.87 bits per heavy atom. The summed E-state index contributed by atoms with van der Waals surface area (Å²) >= 11 is 5.46. The van der Waals surface area contributed by atoms with E-state index in [1.165, 1.54) is 0 Å². The van der Waals surface area contributed by atoms with Crippen LogP contribution in [0.1, 0.15) is 0 Å². The average Bonchev–Trinajstić information content (AvgIpc) is 2.60. The van der Waals surface area contributed by atoms with E-state index in [0.29, 0.717) is 6.07 Å². The van der Waals surface area contributed by atoms with Crippen LogP contribution in [-0.2, 0) is 4.79 Å². The van der Waals surface area contributed by atoms with Crippen molar-refractivity contribution in [2.45, 2.75) is 36.0 Å². The number of hydrogen-bond donors (Lipinski definition) is 1. The molecule has 30 heavy (non-hydrogen) atoms. The molecule has 1 aromatic rings. The Bertz CT molecular complexity index is 799. The molecule has 1 amide bonds. The predicted octanol–water partition coefficient (Wildman–Crippen LogP) is 5.73. The van der Waals surface area contributed by atoms with Gasteiger partial charge in [0.1, 0.15) is 5.75 Å². The Balaban J connectivity index is 3.42. The Hall–Kier alpha value is -2.06. The number of carbonyl (C=O) groups excluding carboxylic acids is 1. The summed E-state index contributed by atoms with van der Waals surface area (Å²) < 4.78 is 162. The van der Waals surface area contributed by atoms with E-state index < -0.39 is 53.4 Å². The normalized spacial score (nSPS) is 14.1. The summed E-state index contributed by atoms with van der Waals surface area (Å²) in [4.78, 5) is 11.5. The Labute approximate surface area is 163 Å². The minimum Gasteiger partial charge on any atom is -0.495 e. The lowest BCUT2D eigenvalue weighted by Crippen LogP contribution is -2.70. The van der Waals surface area contributed by atoms with Gasteiger partial charge in [0.05, 0.1) is 12.8 Å². The summed E-state index contributed by atoms with van der Waals surface area (Å²) in [6.07, 6.45) is -5.63. The van der Waals surface area contributed by atoms with Gasteiger partial charge in [0.2, 0.25) is 0 Å². The Morgan fingerprint density at radius 2 is 1.43 bits per heavy atom. The van der Waals surface area contributed by atoms with Gasteiger partial charge in [-0.05, 0) is 18.2 Å². The summed E-state index contributed by atoms with van der Waals surface area (Å²) in [5.74, 6) is -40.9. The van der Waals surface area contributed by atoms with E-state index in [0.717, 1.165) is 24.6 Å². The SMILES string of the molecule is COc1ccc(Cl)cc1NC(=O)C(F)(F)C(F)(F)C(F)(F)C(F)(F)C(F)(F)C(F)F. The molecule has 16 heteroatoms. The molecule has 1 rings (SSSR count). The minimum absolute atomic E-state index is 0.324. The van der Waals surface area contributed by atoms with Crippen molar-refractivity contribution in [3.63, 3.8) is 0 Å². The molecule has 0 radical (unpaired) electrons. The van der Waals surface area contributed by atoms with Gasteiger partial charge in [0, 0.05) is 5.02 Å².